The summed E-state index contributed by atoms with van der Waals surface area (Å²) in [7, 11) is 1.79. The molecule has 3 rings (SSSR count). The molecule has 0 radical (unpaired) electrons. The second-order valence-electron chi connectivity index (χ2n) is 10.1. The molecule has 0 aromatic heterocycles. The zero-order valence-corrected chi connectivity index (χ0v) is 25.2. The van der Waals surface area contributed by atoms with Crippen molar-refractivity contribution in [3.05, 3.63) is 47.7 Å². The monoisotopic (exact) mass is 516 g/mol. The smallest absolute Gasteiger partial charge is 0.0930 e. The Kier molecular flexibility index (Phi) is 26.9. The molecule has 1 atom stereocenters. The second kappa shape index (κ2) is 26.9. The van der Waals surface area contributed by atoms with Crippen molar-refractivity contribution in [2.45, 2.75) is 99.1 Å². The van der Waals surface area contributed by atoms with Crippen molar-refractivity contribution >= 4 is 12.6 Å². The van der Waals surface area contributed by atoms with Gasteiger partial charge in [-0.1, -0.05) is 83.2 Å². The third-order valence-electron chi connectivity index (χ3n) is 6.29. The Labute approximate surface area is 229 Å². The van der Waals surface area contributed by atoms with Crippen molar-refractivity contribution in [1.82, 2.24) is 16.0 Å². The number of nitrogens with two attached hydrogens (primary N) is 1. The van der Waals surface area contributed by atoms with Gasteiger partial charge in [0.1, 0.15) is 0 Å². The Balaban J connectivity index is 0. The summed E-state index contributed by atoms with van der Waals surface area (Å²) in [6.45, 7) is 19.5. The molecule has 2 fully saturated rings. The third kappa shape index (κ3) is 26.7. The van der Waals surface area contributed by atoms with Crippen molar-refractivity contribution in [3.63, 3.8) is 0 Å². The van der Waals surface area contributed by atoms with Gasteiger partial charge in [0, 0.05) is 25.3 Å². The molecule has 37 heavy (non-hydrogen) atoms. The quantitative estimate of drug-likeness (QED) is 0.227. The van der Waals surface area contributed by atoms with Gasteiger partial charge in [-0.25, -0.2) is 0 Å². The second-order valence-corrected chi connectivity index (χ2v) is 10.1. The molecule has 0 bridgehead atoms. The van der Waals surface area contributed by atoms with Crippen LogP contribution in [0.4, 0.5) is 0 Å². The number of nitrogens with zero attached hydrogens (tertiary/aromatic N) is 1. The molecule has 1 unspecified atom stereocenters. The highest BCUT2D eigenvalue weighted by atomic mass is 15.0. The predicted molar refractivity (Wildman–Crippen MR) is 167 cm³/mol. The molecular formula is C31H60N6. The predicted octanol–water partition coefficient (Wildman–Crippen LogP) is 6.53. The maximum Gasteiger partial charge on any atom is 0.0930 e. The summed E-state index contributed by atoms with van der Waals surface area (Å²) < 4.78 is 0. The fourth-order valence-corrected chi connectivity index (χ4v) is 3.95. The number of allylic oxidation sites excluding steroid dienone is 1. The van der Waals surface area contributed by atoms with Crippen LogP contribution in [-0.4, -0.2) is 45.3 Å². The van der Waals surface area contributed by atoms with E-state index in [9.17, 15) is 0 Å². The average molecular weight is 517 g/mol. The van der Waals surface area contributed by atoms with Crippen LogP contribution >= 0.6 is 0 Å². The van der Waals surface area contributed by atoms with E-state index in [1.165, 1.54) is 63.6 Å². The van der Waals surface area contributed by atoms with Gasteiger partial charge in [0.2, 0.25) is 0 Å². The number of hydrogen-bond acceptors (Lipinski definition) is 5. The number of nitrogens with one attached hydrogen (secondary N) is 4. The van der Waals surface area contributed by atoms with Crippen LogP contribution in [0.25, 0.3) is 0 Å². The molecule has 6 N–H and O–H groups in total. The van der Waals surface area contributed by atoms with Gasteiger partial charge < -0.3 is 27.1 Å². The Morgan fingerprint density at radius 2 is 1.59 bits per heavy atom. The maximum atomic E-state index is 5.50. The molecule has 6 nitrogen and oxygen atoms in total. The molecule has 0 spiro atoms. The number of amidine groups is 1. The fraction of sp³-hybridized carbons (Fsp3) is 0.677. The lowest BCUT2D eigenvalue weighted by Crippen LogP contribution is -2.26. The largest absolute Gasteiger partial charge is 0.402 e. The van der Waals surface area contributed by atoms with Gasteiger partial charge in [-0.05, 0) is 83.4 Å². The fourth-order valence-electron chi connectivity index (χ4n) is 3.95. The summed E-state index contributed by atoms with van der Waals surface area (Å²) in [6, 6.07) is 10.7. The maximum absolute atomic E-state index is 5.50. The highest BCUT2D eigenvalue weighted by molar-refractivity contribution is 5.79. The first-order valence-corrected chi connectivity index (χ1v) is 14.2. The summed E-state index contributed by atoms with van der Waals surface area (Å²) in [4.78, 5) is 4.01. The van der Waals surface area contributed by atoms with Crippen LogP contribution in [0.5, 0.6) is 0 Å². The van der Waals surface area contributed by atoms with E-state index >= 15 is 0 Å². The summed E-state index contributed by atoms with van der Waals surface area (Å²) in [5, 5.41) is 15.2. The van der Waals surface area contributed by atoms with Crippen LogP contribution in [0.15, 0.2) is 47.1 Å². The van der Waals surface area contributed by atoms with Gasteiger partial charge in [0.05, 0.1) is 5.84 Å². The number of rotatable bonds is 5. The Hall–Kier alpha value is -2.18. The first-order valence-electron chi connectivity index (χ1n) is 14.2. The lowest BCUT2D eigenvalue weighted by Gasteiger charge is -2.17. The average Bonchev–Trinajstić information content (AvgIpc) is 2.91. The number of hydrogen-bond donors (Lipinski definition) is 5. The van der Waals surface area contributed by atoms with E-state index in [0.29, 0.717) is 6.04 Å². The topological polar surface area (TPSA) is 98.3 Å². The Bertz CT molecular complexity index is 642. The summed E-state index contributed by atoms with van der Waals surface area (Å²) in [5.41, 5.74) is 7.60. The van der Waals surface area contributed by atoms with E-state index in [0.717, 1.165) is 36.5 Å². The van der Waals surface area contributed by atoms with Gasteiger partial charge >= 0.3 is 0 Å². The van der Waals surface area contributed by atoms with E-state index in [4.69, 9.17) is 11.1 Å². The molecule has 1 aromatic rings. The lowest BCUT2D eigenvalue weighted by atomic mass is 9.91. The number of benzene rings is 1. The van der Waals surface area contributed by atoms with Gasteiger partial charge in [0.25, 0.3) is 0 Å². The van der Waals surface area contributed by atoms with E-state index < -0.39 is 0 Å². The molecule has 1 aliphatic heterocycles. The SMILES string of the molecule is C=N.CC1CCCCC1.CC1CCNCC1.CCNC(C)/C=C(/C)N.CN=C(C)NCc1ccccc1. The first-order chi connectivity index (χ1) is 17.8. The van der Waals surface area contributed by atoms with Crippen molar-refractivity contribution < 1.29 is 0 Å². The van der Waals surface area contributed by atoms with Crippen LogP contribution in [0.2, 0.25) is 0 Å². The van der Waals surface area contributed by atoms with Crippen molar-refractivity contribution in [3.8, 4) is 0 Å². The molecule has 1 saturated heterocycles. The summed E-state index contributed by atoms with van der Waals surface area (Å²) in [5.74, 6) is 2.98. The number of piperidine rings is 1. The zero-order chi connectivity index (χ0) is 28.3. The Morgan fingerprint density at radius 3 is 1.97 bits per heavy atom. The van der Waals surface area contributed by atoms with Gasteiger partial charge in [-0.3, -0.25) is 4.99 Å². The van der Waals surface area contributed by atoms with Crippen LogP contribution < -0.4 is 21.7 Å². The van der Waals surface area contributed by atoms with Gasteiger partial charge in [-0.2, -0.15) is 0 Å². The minimum atomic E-state index is 0.403. The molecule has 1 aromatic carbocycles. The standard InChI is InChI=1S/C10H14N2.C7H16N2.C7H14.C6H13N.CH3N/c1-9(11-2)12-8-10-6-4-3-5-7-10;1-4-9-7(3)5-6(2)8;1-7-5-3-2-4-6-7;1-6-2-4-7-5-3-6;1-2/h3-7H,8H2,1-2H3,(H,11,12);5,7,9H,4,8H2,1-3H3;7H,2-6H2,1H3;6-7H,2-5H2,1H3;2H,1H2/b;6-5-;;;. The van der Waals surface area contributed by atoms with Crippen LogP contribution in [0, 0.1) is 17.2 Å². The van der Waals surface area contributed by atoms with Crippen molar-refractivity contribution in [1.29, 1.82) is 5.41 Å². The van der Waals surface area contributed by atoms with Gasteiger partial charge in [0.15, 0.2) is 0 Å². The molecule has 6 heteroatoms. The number of likely N-dealkylation sites (N-methyl/N-ethyl adjacent to an activating group) is 1. The normalized spacial score (nSPS) is 17.2. The molecule has 0 amide bonds. The highest BCUT2D eigenvalue weighted by Crippen LogP contribution is 2.22. The Morgan fingerprint density at radius 1 is 1.05 bits per heavy atom. The van der Waals surface area contributed by atoms with Crippen LogP contribution in [-0.2, 0) is 6.54 Å². The molecule has 1 heterocycles. The third-order valence-corrected chi connectivity index (χ3v) is 6.29. The van der Waals surface area contributed by atoms with Crippen LogP contribution in [0.3, 0.4) is 0 Å². The molecule has 1 saturated carbocycles. The van der Waals surface area contributed by atoms with E-state index in [1.807, 2.05) is 38.1 Å². The van der Waals surface area contributed by atoms with Crippen molar-refractivity contribution in [2.75, 3.05) is 26.7 Å². The summed E-state index contributed by atoms with van der Waals surface area (Å²) >= 11 is 0. The molecule has 214 valence electrons. The van der Waals surface area contributed by atoms with E-state index in [1.54, 1.807) is 7.05 Å². The number of aliphatic imine (C=N–C) groups is 1. The van der Waals surface area contributed by atoms with E-state index in [2.05, 4.69) is 67.5 Å². The molecule has 1 aliphatic carbocycles. The molecule has 2 aliphatic rings. The van der Waals surface area contributed by atoms with Crippen molar-refractivity contribution in [2.24, 2.45) is 22.6 Å². The zero-order valence-electron chi connectivity index (χ0n) is 25.2. The highest BCUT2D eigenvalue weighted by Gasteiger charge is 2.06. The van der Waals surface area contributed by atoms with Gasteiger partial charge in [-0.15, -0.1) is 0 Å². The molecular weight excluding hydrogens is 456 g/mol. The van der Waals surface area contributed by atoms with E-state index in [-0.39, 0.29) is 0 Å². The minimum absolute atomic E-state index is 0.403. The first kappa shape index (κ1) is 37.0. The summed E-state index contributed by atoms with van der Waals surface area (Å²) in [6.07, 6.45) is 12.2. The lowest BCUT2D eigenvalue weighted by molar-refractivity contribution is 0.385. The minimum Gasteiger partial charge on any atom is -0.402 e. The van der Waals surface area contributed by atoms with Crippen LogP contribution in [0.1, 0.15) is 92.1 Å².